The Labute approximate surface area is 70.0 Å². The first-order chi connectivity index (χ1) is 4.95. The fourth-order valence-corrected chi connectivity index (χ4v) is 1.43. The van der Waals surface area contributed by atoms with Crippen LogP contribution in [-0.4, -0.2) is 0 Å². The average molecular weight is 149 g/mol. The van der Waals surface area contributed by atoms with E-state index in [4.69, 9.17) is 0 Å². The summed E-state index contributed by atoms with van der Waals surface area (Å²) in [5, 5.41) is 0. The topological polar surface area (TPSA) is 0 Å². The molecule has 2 unspecified atom stereocenters. The van der Waals surface area contributed by atoms with E-state index in [0.717, 1.165) is 0 Å². The van der Waals surface area contributed by atoms with Gasteiger partial charge < -0.3 is 0 Å². The summed E-state index contributed by atoms with van der Waals surface area (Å²) in [6.45, 7) is 13.0. The highest BCUT2D eigenvalue weighted by Crippen LogP contribution is 2.38. The molecule has 1 radical (unpaired) electrons. The first-order valence-electron chi connectivity index (χ1n) is 4.17. The molecule has 0 heteroatoms. The van der Waals surface area contributed by atoms with Crippen molar-refractivity contribution < 1.29 is 0 Å². The molecular formula is C11H17. The summed E-state index contributed by atoms with van der Waals surface area (Å²) < 4.78 is 0. The van der Waals surface area contributed by atoms with Crippen LogP contribution in [0.25, 0.3) is 0 Å². The Kier molecular flexibility index (Phi) is 1.96. The molecule has 11 heavy (non-hydrogen) atoms. The Morgan fingerprint density at radius 2 is 2.00 bits per heavy atom. The van der Waals surface area contributed by atoms with Gasteiger partial charge in [0.1, 0.15) is 0 Å². The number of allylic oxidation sites excluding steroid dienone is 4. The second-order valence-corrected chi connectivity index (χ2v) is 3.93. The van der Waals surface area contributed by atoms with Gasteiger partial charge in [-0.15, -0.1) is 0 Å². The summed E-state index contributed by atoms with van der Waals surface area (Å²) in [5.41, 5.74) is 2.98. The monoisotopic (exact) mass is 149 g/mol. The number of rotatable bonds is 0. The molecule has 0 aromatic rings. The molecule has 0 heterocycles. The zero-order valence-electron chi connectivity index (χ0n) is 7.94. The smallest absolute Gasteiger partial charge is 0.00801 e. The minimum atomic E-state index is 0.101. The molecule has 0 bridgehead atoms. The first kappa shape index (κ1) is 8.58. The largest absolute Gasteiger partial charge is 0.0777 e. The van der Waals surface area contributed by atoms with Crippen LogP contribution in [-0.2, 0) is 0 Å². The van der Waals surface area contributed by atoms with Crippen molar-refractivity contribution in [2.75, 3.05) is 0 Å². The minimum Gasteiger partial charge on any atom is -0.0777 e. The van der Waals surface area contributed by atoms with E-state index >= 15 is 0 Å². The third kappa shape index (κ3) is 1.40. The van der Waals surface area contributed by atoms with Crippen molar-refractivity contribution in [3.8, 4) is 0 Å². The van der Waals surface area contributed by atoms with E-state index in [2.05, 4.69) is 46.8 Å². The summed E-state index contributed by atoms with van der Waals surface area (Å²) in [6.07, 6.45) is 4.39. The zero-order valence-corrected chi connectivity index (χ0v) is 7.94. The van der Waals surface area contributed by atoms with Crippen LogP contribution in [0.5, 0.6) is 0 Å². The van der Waals surface area contributed by atoms with Gasteiger partial charge in [0.2, 0.25) is 0 Å². The molecule has 0 aromatic heterocycles. The van der Waals surface area contributed by atoms with Crippen molar-refractivity contribution in [2.24, 2.45) is 11.3 Å². The Balaban J connectivity index is 3.01. The van der Waals surface area contributed by atoms with Gasteiger partial charge in [-0.05, 0) is 32.1 Å². The minimum absolute atomic E-state index is 0.101. The lowest BCUT2D eigenvalue weighted by Gasteiger charge is -2.33. The molecule has 0 nitrogen and oxygen atoms in total. The quantitative estimate of drug-likeness (QED) is 0.495. The molecule has 1 aliphatic rings. The normalized spacial score (nSPS) is 29.4. The van der Waals surface area contributed by atoms with Gasteiger partial charge in [-0.1, -0.05) is 37.1 Å². The molecule has 1 aliphatic carbocycles. The molecule has 0 amide bonds. The van der Waals surface area contributed by atoms with E-state index in [9.17, 15) is 0 Å². The van der Waals surface area contributed by atoms with Crippen LogP contribution in [0.1, 0.15) is 27.7 Å². The van der Waals surface area contributed by atoms with Gasteiger partial charge >= 0.3 is 0 Å². The maximum Gasteiger partial charge on any atom is -0.00801 e. The average Bonchev–Trinajstić information content (AvgIpc) is 1.95. The van der Waals surface area contributed by atoms with Crippen molar-refractivity contribution in [1.82, 2.24) is 0 Å². The third-order valence-corrected chi connectivity index (χ3v) is 2.97. The lowest BCUT2D eigenvalue weighted by atomic mass is 9.72. The van der Waals surface area contributed by atoms with E-state index < -0.39 is 0 Å². The van der Waals surface area contributed by atoms with Crippen molar-refractivity contribution in [3.05, 3.63) is 30.2 Å². The molecule has 0 N–H and O–H groups in total. The van der Waals surface area contributed by atoms with E-state index in [0.29, 0.717) is 5.92 Å². The molecule has 2 atom stereocenters. The van der Waals surface area contributed by atoms with Gasteiger partial charge in [-0.2, -0.15) is 0 Å². The molecule has 0 spiro atoms. The van der Waals surface area contributed by atoms with Crippen molar-refractivity contribution in [2.45, 2.75) is 27.7 Å². The van der Waals surface area contributed by atoms with Crippen LogP contribution < -0.4 is 0 Å². The summed E-state index contributed by atoms with van der Waals surface area (Å²) in [5.74, 6) is 0.576. The summed E-state index contributed by atoms with van der Waals surface area (Å²) in [4.78, 5) is 0. The number of hydrogen-bond donors (Lipinski definition) is 0. The third-order valence-electron chi connectivity index (χ3n) is 2.97. The lowest BCUT2D eigenvalue weighted by molar-refractivity contribution is 0.391. The van der Waals surface area contributed by atoms with E-state index in [1.54, 1.807) is 0 Å². The van der Waals surface area contributed by atoms with Crippen LogP contribution in [0.2, 0.25) is 0 Å². The van der Waals surface area contributed by atoms with Crippen molar-refractivity contribution in [3.63, 3.8) is 0 Å². The predicted octanol–water partition coefficient (Wildman–Crippen LogP) is 3.37. The zero-order chi connectivity index (χ0) is 8.65. The SMILES string of the molecule is [CH2]C1(C)C=CC(C)=C(C)C1C. The van der Waals surface area contributed by atoms with Gasteiger partial charge in [0.25, 0.3) is 0 Å². The maximum atomic E-state index is 4.17. The summed E-state index contributed by atoms with van der Waals surface area (Å²) >= 11 is 0. The molecule has 0 saturated carbocycles. The Bertz CT molecular complexity index is 216. The van der Waals surface area contributed by atoms with E-state index in [-0.39, 0.29) is 5.41 Å². The highest BCUT2D eigenvalue weighted by molar-refractivity contribution is 5.32. The molecular weight excluding hydrogens is 132 g/mol. The van der Waals surface area contributed by atoms with Gasteiger partial charge in [-0.3, -0.25) is 0 Å². The number of hydrogen-bond acceptors (Lipinski definition) is 0. The predicted molar refractivity (Wildman–Crippen MR) is 50.1 cm³/mol. The molecule has 61 valence electrons. The molecule has 0 aliphatic heterocycles. The summed E-state index contributed by atoms with van der Waals surface area (Å²) in [7, 11) is 0. The van der Waals surface area contributed by atoms with Gasteiger partial charge in [0, 0.05) is 0 Å². The highest BCUT2D eigenvalue weighted by atomic mass is 14.3. The Morgan fingerprint density at radius 3 is 2.45 bits per heavy atom. The second-order valence-electron chi connectivity index (χ2n) is 3.93. The summed E-state index contributed by atoms with van der Waals surface area (Å²) in [6, 6.07) is 0. The molecule has 0 saturated heterocycles. The fourth-order valence-electron chi connectivity index (χ4n) is 1.43. The second kappa shape index (κ2) is 2.51. The van der Waals surface area contributed by atoms with Crippen LogP contribution in [0.15, 0.2) is 23.3 Å². The van der Waals surface area contributed by atoms with Gasteiger partial charge in [-0.25, -0.2) is 0 Å². The van der Waals surface area contributed by atoms with E-state index in [1.165, 1.54) is 11.1 Å². The van der Waals surface area contributed by atoms with Crippen LogP contribution in [0.4, 0.5) is 0 Å². The molecule has 0 aromatic carbocycles. The Morgan fingerprint density at radius 1 is 1.45 bits per heavy atom. The van der Waals surface area contributed by atoms with Gasteiger partial charge in [0.05, 0.1) is 0 Å². The van der Waals surface area contributed by atoms with Gasteiger partial charge in [0.15, 0.2) is 0 Å². The fraction of sp³-hybridized carbons (Fsp3) is 0.545. The van der Waals surface area contributed by atoms with Crippen LogP contribution in [0, 0.1) is 18.3 Å². The van der Waals surface area contributed by atoms with Crippen molar-refractivity contribution in [1.29, 1.82) is 0 Å². The molecule has 0 fully saturated rings. The van der Waals surface area contributed by atoms with Crippen molar-refractivity contribution >= 4 is 0 Å². The lowest BCUT2D eigenvalue weighted by Crippen LogP contribution is -2.23. The first-order valence-corrected chi connectivity index (χ1v) is 4.17. The highest BCUT2D eigenvalue weighted by Gasteiger charge is 2.27. The maximum absolute atomic E-state index is 4.17. The molecule has 1 rings (SSSR count). The Hall–Kier alpha value is -0.520. The van der Waals surface area contributed by atoms with Crippen LogP contribution in [0.3, 0.4) is 0 Å². The standard InChI is InChI=1S/C11H17/c1-8-6-7-11(4,5)10(3)9(8)2/h6-7,10H,4H2,1-3,5H3. The van der Waals surface area contributed by atoms with Crippen LogP contribution >= 0.6 is 0 Å². The van der Waals surface area contributed by atoms with E-state index in [1.807, 2.05) is 0 Å².